The Balaban J connectivity index is 1.91. The molecule has 20 heavy (non-hydrogen) atoms. The highest BCUT2D eigenvalue weighted by atomic mass is 79.9. The van der Waals surface area contributed by atoms with Gasteiger partial charge in [0.1, 0.15) is 11.9 Å². The first-order valence-electron chi connectivity index (χ1n) is 6.92. The quantitative estimate of drug-likeness (QED) is 0.657. The van der Waals surface area contributed by atoms with E-state index >= 15 is 0 Å². The fourth-order valence-corrected chi connectivity index (χ4v) is 2.90. The third-order valence-electron chi connectivity index (χ3n) is 3.50. The lowest BCUT2D eigenvalue weighted by Gasteiger charge is -2.20. The lowest BCUT2D eigenvalue weighted by atomic mass is 10.2. The molecule has 0 aromatic carbocycles. The van der Waals surface area contributed by atoms with E-state index in [1.807, 2.05) is 0 Å². The molecule has 1 aromatic rings. The van der Waals surface area contributed by atoms with Gasteiger partial charge in [-0.2, -0.15) is 0 Å². The third-order valence-corrected chi connectivity index (χ3v) is 4.11. The summed E-state index contributed by atoms with van der Waals surface area (Å²) in [5.41, 5.74) is 0.523. The molecule has 0 atom stereocenters. The van der Waals surface area contributed by atoms with E-state index in [2.05, 4.69) is 31.1 Å². The van der Waals surface area contributed by atoms with Gasteiger partial charge in [-0.15, -0.1) is 0 Å². The number of nitro groups is 1. The van der Waals surface area contributed by atoms with Crippen molar-refractivity contribution >= 4 is 27.3 Å². The van der Waals surface area contributed by atoms with Gasteiger partial charge in [0.05, 0.1) is 9.40 Å². The second-order valence-corrected chi connectivity index (χ2v) is 5.81. The summed E-state index contributed by atoms with van der Waals surface area (Å²) in [6, 6.07) is 0. The zero-order valence-corrected chi connectivity index (χ0v) is 12.9. The predicted molar refractivity (Wildman–Crippen MR) is 82.0 cm³/mol. The maximum Gasteiger partial charge on any atom is 0.311 e. The molecule has 0 radical (unpaired) electrons. The average molecular weight is 343 g/mol. The number of hydrogen-bond donors (Lipinski definition) is 1. The summed E-state index contributed by atoms with van der Waals surface area (Å²) in [6.45, 7) is 3.86. The van der Waals surface area contributed by atoms with E-state index in [1.165, 1.54) is 31.9 Å². The van der Waals surface area contributed by atoms with Crippen molar-refractivity contribution in [2.24, 2.45) is 0 Å². The molecular weight excluding hydrogens is 324 g/mol. The van der Waals surface area contributed by atoms with Crippen molar-refractivity contribution in [2.45, 2.75) is 25.7 Å². The number of hydrogen-bond acceptors (Lipinski definition) is 5. The van der Waals surface area contributed by atoms with E-state index in [-0.39, 0.29) is 5.69 Å². The monoisotopic (exact) mass is 342 g/mol. The number of likely N-dealkylation sites (tertiary alicyclic amines) is 1. The minimum Gasteiger partial charge on any atom is -0.377 e. The molecule has 0 aliphatic carbocycles. The lowest BCUT2D eigenvalue weighted by molar-refractivity contribution is -0.384. The van der Waals surface area contributed by atoms with Crippen LogP contribution in [0.2, 0.25) is 0 Å². The Morgan fingerprint density at radius 2 is 2.00 bits per heavy atom. The Morgan fingerprint density at radius 3 is 2.65 bits per heavy atom. The largest absolute Gasteiger partial charge is 0.377 e. The maximum absolute atomic E-state index is 11.0. The smallest absolute Gasteiger partial charge is 0.311 e. The topological polar surface area (TPSA) is 71.3 Å². The second kappa shape index (κ2) is 7.54. The Hall–Kier alpha value is -1.21. The maximum atomic E-state index is 11.0. The van der Waals surface area contributed by atoms with Crippen LogP contribution in [0, 0.1) is 10.1 Å². The molecule has 1 fully saturated rings. The molecule has 7 heteroatoms. The summed E-state index contributed by atoms with van der Waals surface area (Å²) in [4.78, 5) is 16.8. The molecule has 0 saturated carbocycles. The van der Waals surface area contributed by atoms with Gasteiger partial charge in [0.2, 0.25) is 0 Å². The van der Waals surface area contributed by atoms with E-state index in [0.717, 1.165) is 19.6 Å². The number of aromatic nitrogens is 1. The van der Waals surface area contributed by atoms with Gasteiger partial charge >= 0.3 is 5.69 Å². The molecule has 1 N–H and O–H groups in total. The zero-order valence-electron chi connectivity index (χ0n) is 11.3. The summed E-state index contributed by atoms with van der Waals surface area (Å²) >= 11 is 3.31. The fraction of sp³-hybridized carbons (Fsp3) is 0.615. The Bertz CT molecular complexity index is 462. The average Bonchev–Trinajstić information content (AvgIpc) is 2.69. The molecule has 0 unspecified atom stereocenters. The van der Waals surface area contributed by atoms with Crippen LogP contribution in [-0.2, 0) is 0 Å². The Morgan fingerprint density at radius 1 is 1.30 bits per heavy atom. The number of nitrogens with one attached hydrogen (secondary N) is 1. The number of nitrogens with zero attached hydrogens (tertiary/aromatic N) is 3. The summed E-state index contributed by atoms with van der Waals surface area (Å²) in [6.07, 6.45) is 7.97. The van der Waals surface area contributed by atoms with E-state index in [1.54, 1.807) is 6.20 Å². The van der Waals surface area contributed by atoms with Gasteiger partial charge in [0.15, 0.2) is 0 Å². The van der Waals surface area contributed by atoms with Crippen molar-refractivity contribution in [1.29, 1.82) is 0 Å². The molecule has 1 saturated heterocycles. The van der Waals surface area contributed by atoms with Crippen LogP contribution in [0.4, 0.5) is 11.4 Å². The van der Waals surface area contributed by atoms with Crippen molar-refractivity contribution in [2.75, 3.05) is 31.5 Å². The number of rotatable bonds is 5. The summed E-state index contributed by atoms with van der Waals surface area (Å²) < 4.78 is 0.627. The first kappa shape index (κ1) is 15.2. The second-order valence-electron chi connectivity index (χ2n) is 4.96. The first-order valence-corrected chi connectivity index (χ1v) is 7.72. The van der Waals surface area contributed by atoms with Gasteiger partial charge in [0, 0.05) is 19.3 Å². The molecule has 1 aliphatic rings. The standard InChI is InChI=1S/C13H19BrN4O2/c14-11-9-15-10-12(18(19)20)13(11)16-5-8-17-6-3-1-2-4-7-17/h9-10H,1-8H2,(H,15,16). The van der Waals surface area contributed by atoms with Gasteiger partial charge < -0.3 is 10.2 Å². The Kier molecular flexibility index (Phi) is 5.72. The highest BCUT2D eigenvalue weighted by Crippen LogP contribution is 2.30. The molecule has 2 heterocycles. The van der Waals surface area contributed by atoms with Gasteiger partial charge in [-0.1, -0.05) is 12.8 Å². The SMILES string of the molecule is O=[N+]([O-])c1cncc(Br)c1NCCN1CCCCCC1. The van der Waals surface area contributed by atoms with E-state index < -0.39 is 4.92 Å². The van der Waals surface area contributed by atoms with E-state index in [0.29, 0.717) is 16.7 Å². The van der Waals surface area contributed by atoms with Crippen molar-refractivity contribution in [3.05, 3.63) is 27.0 Å². The minimum absolute atomic E-state index is 0.00948. The number of halogens is 1. The van der Waals surface area contributed by atoms with Gasteiger partial charge in [-0.25, -0.2) is 0 Å². The summed E-state index contributed by atoms with van der Waals surface area (Å²) in [7, 11) is 0. The number of anilines is 1. The van der Waals surface area contributed by atoms with Crippen LogP contribution < -0.4 is 5.32 Å². The Labute approximate surface area is 126 Å². The van der Waals surface area contributed by atoms with Crippen LogP contribution in [0.3, 0.4) is 0 Å². The van der Waals surface area contributed by atoms with Crippen molar-refractivity contribution in [3.63, 3.8) is 0 Å². The molecule has 2 rings (SSSR count). The highest BCUT2D eigenvalue weighted by molar-refractivity contribution is 9.10. The van der Waals surface area contributed by atoms with Crippen molar-refractivity contribution in [3.8, 4) is 0 Å². The lowest BCUT2D eigenvalue weighted by Crippen LogP contribution is -2.30. The van der Waals surface area contributed by atoms with Crippen LogP contribution in [0.15, 0.2) is 16.9 Å². The molecular formula is C13H19BrN4O2. The fourth-order valence-electron chi connectivity index (χ4n) is 2.44. The van der Waals surface area contributed by atoms with Crippen LogP contribution in [0.5, 0.6) is 0 Å². The molecule has 0 spiro atoms. The number of pyridine rings is 1. The van der Waals surface area contributed by atoms with Crippen LogP contribution >= 0.6 is 15.9 Å². The van der Waals surface area contributed by atoms with E-state index in [4.69, 9.17) is 0 Å². The molecule has 1 aliphatic heterocycles. The molecule has 1 aromatic heterocycles. The minimum atomic E-state index is -0.411. The van der Waals surface area contributed by atoms with Crippen LogP contribution in [-0.4, -0.2) is 41.0 Å². The van der Waals surface area contributed by atoms with Gasteiger partial charge in [-0.05, 0) is 41.9 Å². The molecule has 0 bridgehead atoms. The van der Waals surface area contributed by atoms with E-state index in [9.17, 15) is 10.1 Å². The molecule has 110 valence electrons. The molecule has 6 nitrogen and oxygen atoms in total. The summed E-state index contributed by atoms with van der Waals surface area (Å²) in [5.74, 6) is 0. The van der Waals surface area contributed by atoms with Crippen molar-refractivity contribution < 1.29 is 4.92 Å². The first-order chi connectivity index (χ1) is 9.68. The predicted octanol–water partition coefficient (Wildman–Crippen LogP) is 3.04. The van der Waals surface area contributed by atoms with Gasteiger partial charge in [-0.3, -0.25) is 15.1 Å². The zero-order chi connectivity index (χ0) is 14.4. The third kappa shape index (κ3) is 4.14. The highest BCUT2D eigenvalue weighted by Gasteiger charge is 2.17. The van der Waals surface area contributed by atoms with Crippen molar-refractivity contribution in [1.82, 2.24) is 9.88 Å². The van der Waals surface area contributed by atoms with Crippen LogP contribution in [0.1, 0.15) is 25.7 Å². The summed E-state index contributed by atoms with van der Waals surface area (Å²) in [5, 5.41) is 14.1. The van der Waals surface area contributed by atoms with Crippen LogP contribution in [0.25, 0.3) is 0 Å². The van der Waals surface area contributed by atoms with Gasteiger partial charge in [0.25, 0.3) is 0 Å². The molecule has 0 amide bonds. The normalized spacial score (nSPS) is 16.6.